The predicted octanol–water partition coefficient (Wildman–Crippen LogP) is 6.00. The van der Waals surface area contributed by atoms with Gasteiger partial charge in [-0.15, -0.1) is 0 Å². The molecule has 10 nitrogen and oxygen atoms in total. The number of halogens is 2. The van der Waals surface area contributed by atoms with Crippen LogP contribution in [0.15, 0.2) is 80.1 Å². The van der Waals surface area contributed by atoms with Gasteiger partial charge in [0.05, 0.1) is 50.2 Å². The quantitative estimate of drug-likeness (QED) is 0.126. The SMILES string of the molecule is CCOC(=O)C1=C(C)N=c2s/c(=C\c3cc(Br)c(OCc4cccc(C)c4)c(I)c3)c(=O)n2[C@@H]1c1ccc(OCC(=O)OC)c(OCC)c1. The number of aromatic nitrogens is 1. The van der Waals surface area contributed by atoms with Gasteiger partial charge in [-0.3, -0.25) is 9.36 Å². The monoisotopic (exact) mass is 860 g/mol. The molecule has 0 aliphatic carbocycles. The minimum Gasteiger partial charge on any atom is -0.490 e. The molecule has 0 N–H and O–H groups in total. The molecule has 1 atom stereocenters. The number of thiazole rings is 1. The molecule has 3 aromatic carbocycles. The van der Waals surface area contributed by atoms with E-state index in [9.17, 15) is 14.4 Å². The largest absolute Gasteiger partial charge is 0.490 e. The first-order valence-corrected chi connectivity index (χ1v) is 18.1. The van der Waals surface area contributed by atoms with Gasteiger partial charge < -0.3 is 23.7 Å². The van der Waals surface area contributed by atoms with E-state index in [4.69, 9.17) is 23.7 Å². The Labute approximate surface area is 309 Å². The standard InChI is InChI=1S/C36H34BrIN2O8S/c1-6-45-28-17-24(11-12-27(28)47-19-30(41)44-5)32-31(35(43)46-7-2)21(4)39-36-40(32)34(42)29(49-36)16-23-14-25(37)33(26(38)15-23)48-18-22-10-8-9-20(3)13-22/h8-17,32H,6-7,18-19H2,1-5H3/b29-16-/t32-/m1/s1. The molecule has 0 saturated heterocycles. The van der Waals surface area contributed by atoms with Crippen LogP contribution in [0.25, 0.3) is 6.08 Å². The van der Waals surface area contributed by atoms with Crippen molar-refractivity contribution in [3.63, 3.8) is 0 Å². The van der Waals surface area contributed by atoms with Crippen LogP contribution in [-0.4, -0.2) is 43.4 Å². The van der Waals surface area contributed by atoms with Crippen molar-refractivity contribution in [1.82, 2.24) is 4.57 Å². The van der Waals surface area contributed by atoms with Crippen molar-refractivity contribution in [2.24, 2.45) is 4.99 Å². The molecule has 0 amide bonds. The lowest BCUT2D eigenvalue weighted by molar-refractivity contribution is -0.143. The van der Waals surface area contributed by atoms with Crippen molar-refractivity contribution in [1.29, 1.82) is 0 Å². The molecule has 49 heavy (non-hydrogen) atoms. The number of carbonyl (C=O) groups excluding carboxylic acids is 2. The molecule has 0 saturated carbocycles. The minimum atomic E-state index is -0.865. The fourth-order valence-electron chi connectivity index (χ4n) is 5.29. The number of rotatable bonds is 12. The maximum atomic E-state index is 14.2. The molecule has 4 aromatic rings. The minimum absolute atomic E-state index is 0.148. The molecule has 0 unspecified atom stereocenters. The highest BCUT2D eigenvalue weighted by atomic mass is 127. The number of allylic oxidation sites excluding steroid dienone is 1. The number of methoxy groups -OCH3 is 1. The third kappa shape index (κ3) is 8.27. The van der Waals surface area contributed by atoms with Crippen LogP contribution in [-0.2, 0) is 25.7 Å². The average molecular weight is 862 g/mol. The lowest BCUT2D eigenvalue weighted by Crippen LogP contribution is -2.40. The number of esters is 2. The number of carbonyl (C=O) groups is 2. The molecular weight excluding hydrogens is 827 g/mol. The molecule has 1 aliphatic rings. The highest BCUT2D eigenvalue weighted by molar-refractivity contribution is 14.1. The van der Waals surface area contributed by atoms with E-state index in [0.717, 1.165) is 24.7 Å². The number of aryl methyl sites for hydroxylation is 1. The van der Waals surface area contributed by atoms with Crippen molar-refractivity contribution in [3.8, 4) is 17.2 Å². The van der Waals surface area contributed by atoms with Crippen LogP contribution >= 0.6 is 49.9 Å². The van der Waals surface area contributed by atoms with E-state index < -0.39 is 18.0 Å². The van der Waals surface area contributed by atoms with E-state index in [1.54, 1.807) is 38.1 Å². The normalized spacial score (nSPS) is 14.2. The molecule has 0 radical (unpaired) electrons. The summed E-state index contributed by atoms with van der Waals surface area (Å²) in [7, 11) is 1.27. The first-order valence-electron chi connectivity index (χ1n) is 15.4. The van der Waals surface area contributed by atoms with Gasteiger partial charge in [0.25, 0.3) is 5.56 Å². The number of benzene rings is 3. The first kappa shape index (κ1) is 36.3. The lowest BCUT2D eigenvalue weighted by Gasteiger charge is -2.25. The van der Waals surface area contributed by atoms with E-state index in [-0.39, 0.29) is 24.3 Å². The molecule has 0 fully saturated rings. The second-order valence-corrected chi connectivity index (χ2v) is 13.9. The summed E-state index contributed by atoms with van der Waals surface area (Å²) in [6.45, 7) is 7.87. The molecule has 5 rings (SSSR count). The van der Waals surface area contributed by atoms with Crippen molar-refractivity contribution in [2.75, 3.05) is 26.9 Å². The molecule has 256 valence electrons. The summed E-state index contributed by atoms with van der Waals surface area (Å²) in [6.07, 6.45) is 1.80. The van der Waals surface area contributed by atoms with E-state index in [1.807, 2.05) is 44.2 Å². The van der Waals surface area contributed by atoms with Crippen molar-refractivity contribution < 1.29 is 33.3 Å². The summed E-state index contributed by atoms with van der Waals surface area (Å²) in [4.78, 5) is 44.4. The molecule has 1 aliphatic heterocycles. The fraction of sp³-hybridized carbons (Fsp3) is 0.278. The highest BCUT2D eigenvalue weighted by Crippen LogP contribution is 2.37. The van der Waals surface area contributed by atoms with Gasteiger partial charge in [-0.25, -0.2) is 14.6 Å². The molecule has 0 spiro atoms. The van der Waals surface area contributed by atoms with Gasteiger partial charge in [-0.1, -0.05) is 47.2 Å². The van der Waals surface area contributed by atoms with Crippen LogP contribution in [0.1, 0.15) is 49.1 Å². The van der Waals surface area contributed by atoms with Crippen LogP contribution in [0.5, 0.6) is 17.2 Å². The smallest absolute Gasteiger partial charge is 0.343 e. The van der Waals surface area contributed by atoms with Gasteiger partial charge in [-0.05, 0) is 113 Å². The number of ether oxygens (including phenoxy) is 5. The number of hydrogen-bond acceptors (Lipinski definition) is 10. The average Bonchev–Trinajstić information content (AvgIpc) is 3.36. The summed E-state index contributed by atoms with van der Waals surface area (Å²) in [5.74, 6) is 0.237. The van der Waals surface area contributed by atoms with Gasteiger partial charge in [0.2, 0.25) is 0 Å². The Bertz CT molecular complexity index is 2100. The van der Waals surface area contributed by atoms with Gasteiger partial charge in [0.1, 0.15) is 12.4 Å². The Morgan fingerprint density at radius 1 is 1.02 bits per heavy atom. The second kappa shape index (κ2) is 16.2. The highest BCUT2D eigenvalue weighted by Gasteiger charge is 2.34. The van der Waals surface area contributed by atoms with Crippen LogP contribution in [0.3, 0.4) is 0 Å². The van der Waals surface area contributed by atoms with Gasteiger partial charge >= 0.3 is 11.9 Å². The maximum Gasteiger partial charge on any atom is 0.343 e. The molecular formula is C36H34BrIN2O8S. The van der Waals surface area contributed by atoms with Crippen molar-refractivity contribution >= 4 is 67.9 Å². The van der Waals surface area contributed by atoms with E-state index in [1.165, 1.54) is 23.0 Å². The maximum absolute atomic E-state index is 14.2. The summed E-state index contributed by atoms with van der Waals surface area (Å²) < 4.78 is 31.3. The zero-order valence-corrected chi connectivity index (χ0v) is 32.1. The Kier molecular flexibility index (Phi) is 12.0. The summed E-state index contributed by atoms with van der Waals surface area (Å²) in [6, 6.07) is 16.2. The summed E-state index contributed by atoms with van der Waals surface area (Å²) in [5.41, 5.74) is 3.94. The Hall–Kier alpha value is -3.95. The molecule has 0 bridgehead atoms. The number of hydrogen-bond donors (Lipinski definition) is 0. The molecule has 13 heteroatoms. The molecule has 1 aromatic heterocycles. The van der Waals surface area contributed by atoms with E-state index in [0.29, 0.717) is 51.1 Å². The fourth-order valence-corrected chi connectivity index (χ4v) is 8.11. The zero-order chi connectivity index (χ0) is 35.2. The summed E-state index contributed by atoms with van der Waals surface area (Å²) >= 11 is 7.11. The van der Waals surface area contributed by atoms with Crippen LogP contribution in [0, 0.1) is 10.5 Å². The zero-order valence-electron chi connectivity index (χ0n) is 27.5. The van der Waals surface area contributed by atoms with Crippen LogP contribution in [0.2, 0.25) is 0 Å². The van der Waals surface area contributed by atoms with Gasteiger partial charge in [-0.2, -0.15) is 0 Å². The second-order valence-electron chi connectivity index (χ2n) is 10.9. The predicted molar refractivity (Wildman–Crippen MR) is 198 cm³/mol. The third-order valence-electron chi connectivity index (χ3n) is 7.46. The topological polar surface area (TPSA) is 115 Å². The van der Waals surface area contributed by atoms with E-state index in [2.05, 4.69) is 49.6 Å². The number of fused-ring (bicyclic) bond motifs is 1. The third-order valence-corrected chi connectivity index (χ3v) is 9.83. The Morgan fingerprint density at radius 2 is 1.82 bits per heavy atom. The van der Waals surface area contributed by atoms with Crippen molar-refractivity contribution in [3.05, 3.63) is 116 Å². The summed E-state index contributed by atoms with van der Waals surface area (Å²) in [5, 5.41) is 0. The van der Waals surface area contributed by atoms with Gasteiger partial charge in [0, 0.05) is 0 Å². The lowest BCUT2D eigenvalue weighted by atomic mass is 9.95. The van der Waals surface area contributed by atoms with Gasteiger partial charge in [0.15, 0.2) is 22.9 Å². The Morgan fingerprint density at radius 3 is 2.51 bits per heavy atom. The van der Waals surface area contributed by atoms with Crippen molar-refractivity contribution in [2.45, 2.75) is 40.3 Å². The number of nitrogens with zero attached hydrogens (tertiary/aromatic N) is 2. The first-order chi connectivity index (χ1) is 23.5. The van der Waals surface area contributed by atoms with E-state index >= 15 is 0 Å². The Balaban J connectivity index is 1.57. The van der Waals surface area contributed by atoms with Crippen LogP contribution in [0.4, 0.5) is 0 Å². The van der Waals surface area contributed by atoms with Crippen LogP contribution < -0.4 is 29.1 Å². The molecule has 2 heterocycles.